The van der Waals surface area contributed by atoms with Crippen LogP contribution in [0.1, 0.15) is 6.42 Å². The lowest BCUT2D eigenvalue weighted by atomic mass is 10.0. The molecule has 0 aromatic rings. The highest BCUT2D eigenvalue weighted by molar-refractivity contribution is 5.65. The van der Waals surface area contributed by atoms with Crippen LogP contribution < -0.4 is 5.32 Å². The molecule has 1 rings (SSSR count). The number of alkyl halides is 1. The Hall–Kier alpha value is -0.840. The van der Waals surface area contributed by atoms with E-state index in [1.807, 2.05) is 0 Å². The summed E-state index contributed by atoms with van der Waals surface area (Å²) >= 11 is 0. The van der Waals surface area contributed by atoms with Crippen molar-refractivity contribution >= 4 is 6.09 Å². The third kappa shape index (κ3) is 1.85. The normalized spacial score (nSPS) is 30.3. The van der Waals surface area contributed by atoms with Crippen molar-refractivity contribution in [3.8, 4) is 0 Å². The van der Waals surface area contributed by atoms with Crippen molar-refractivity contribution in [2.24, 2.45) is 0 Å². The van der Waals surface area contributed by atoms with Crippen LogP contribution in [0.3, 0.4) is 0 Å². The third-order valence-corrected chi connectivity index (χ3v) is 2.18. The number of hydrogen-bond donors (Lipinski definition) is 2. The number of amides is 1. The van der Waals surface area contributed by atoms with Crippen LogP contribution in [0.25, 0.3) is 0 Å². The first-order valence-corrected chi connectivity index (χ1v) is 3.94. The zero-order chi connectivity index (χ0) is 9.14. The Labute approximate surface area is 70.4 Å². The van der Waals surface area contributed by atoms with E-state index in [0.29, 0.717) is 13.0 Å². The van der Waals surface area contributed by atoms with E-state index >= 15 is 0 Å². The molecule has 4 nitrogen and oxygen atoms in total. The molecule has 0 spiro atoms. The molecule has 0 aliphatic carbocycles. The number of nitrogens with one attached hydrogen (secondary N) is 1. The summed E-state index contributed by atoms with van der Waals surface area (Å²) in [6, 6.07) is -0.194. The summed E-state index contributed by atoms with van der Waals surface area (Å²) in [4.78, 5) is 11.5. The minimum absolute atomic E-state index is 0.0131. The van der Waals surface area contributed by atoms with Gasteiger partial charge in [-0.2, -0.15) is 0 Å². The van der Waals surface area contributed by atoms with Crippen molar-refractivity contribution < 1.29 is 14.3 Å². The van der Waals surface area contributed by atoms with E-state index in [0.717, 1.165) is 4.90 Å². The van der Waals surface area contributed by atoms with E-state index < -0.39 is 12.3 Å². The highest BCUT2D eigenvalue weighted by Gasteiger charge is 2.29. The van der Waals surface area contributed by atoms with Gasteiger partial charge in [0.05, 0.1) is 6.54 Å². The Morgan fingerprint density at radius 3 is 2.83 bits per heavy atom. The van der Waals surface area contributed by atoms with Crippen LogP contribution in [0.2, 0.25) is 0 Å². The Morgan fingerprint density at radius 1 is 1.75 bits per heavy atom. The second-order valence-corrected chi connectivity index (χ2v) is 2.93. The molecular weight excluding hydrogens is 163 g/mol. The molecule has 1 heterocycles. The summed E-state index contributed by atoms with van der Waals surface area (Å²) in [6.07, 6.45) is -1.57. The van der Waals surface area contributed by atoms with E-state index in [-0.39, 0.29) is 12.6 Å². The lowest BCUT2D eigenvalue weighted by molar-refractivity contribution is 0.0906. The molecule has 70 valence electrons. The highest BCUT2D eigenvalue weighted by Crippen LogP contribution is 2.13. The first-order chi connectivity index (χ1) is 5.65. The van der Waals surface area contributed by atoms with Gasteiger partial charge in [0.15, 0.2) is 0 Å². The van der Waals surface area contributed by atoms with E-state index in [1.54, 1.807) is 7.05 Å². The lowest BCUT2D eigenvalue weighted by Gasteiger charge is -2.32. The third-order valence-electron chi connectivity index (χ3n) is 2.18. The molecule has 1 aliphatic heterocycles. The fraction of sp³-hybridized carbons (Fsp3) is 0.857. The molecule has 0 saturated carbocycles. The maximum absolute atomic E-state index is 13.1. The van der Waals surface area contributed by atoms with Gasteiger partial charge in [-0.15, -0.1) is 0 Å². The average Bonchev–Trinajstić information content (AvgIpc) is 2.04. The van der Waals surface area contributed by atoms with E-state index in [2.05, 4.69) is 5.32 Å². The average molecular weight is 176 g/mol. The van der Waals surface area contributed by atoms with Gasteiger partial charge in [-0.3, -0.25) is 0 Å². The number of halogens is 1. The Morgan fingerprint density at radius 2 is 2.42 bits per heavy atom. The summed E-state index contributed by atoms with van der Waals surface area (Å²) in [5.74, 6) is 0. The molecular formula is C7H13FN2O2. The van der Waals surface area contributed by atoms with Crippen molar-refractivity contribution in [3.05, 3.63) is 0 Å². The minimum Gasteiger partial charge on any atom is -0.465 e. The van der Waals surface area contributed by atoms with E-state index in [9.17, 15) is 9.18 Å². The fourth-order valence-corrected chi connectivity index (χ4v) is 1.40. The zero-order valence-electron chi connectivity index (χ0n) is 6.96. The molecule has 0 bridgehead atoms. The van der Waals surface area contributed by atoms with Crippen LogP contribution in [0.4, 0.5) is 9.18 Å². The number of nitrogens with zero attached hydrogens (tertiary/aromatic N) is 1. The Balaban J connectivity index is 2.46. The SMILES string of the molecule is CN[C@@H]1CCN(C(=O)O)C[C@@H]1F. The number of piperidine rings is 1. The molecule has 1 amide bonds. The quantitative estimate of drug-likeness (QED) is 0.604. The van der Waals surface area contributed by atoms with Crippen LogP contribution >= 0.6 is 0 Å². The van der Waals surface area contributed by atoms with Gasteiger partial charge in [-0.25, -0.2) is 9.18 Å². The van der Waals surface area contributed by atoms with E-state index in [4.69, 9.17) is 5.11 Å². The minimum atomic E-state index is -1.08. The van der Waals surface area contributed by atoms with Crippen molar-refractivity contribution in [2.45, 2.75) is 18.6 Å². The second-order valence-electron chi connectivity index (χ2n) is 2.93. The van der Waals surface area contributed by atoms with Crippen molar-refractivity contribution in [2.75, 3.05) is 20.1 Å². The highest BCUT2D eigenvalue weighted by atomic mass is 19.1. The molecule has 5 heteroatoms. The Kier molecular flexibility index (Phi) is 2.86. The van der Waals surface area contributed by atoms with Gasteiger partial charge < -0.3 is 15.3 Å². The van der Waals surface area contributed by atoms with Crippen molar-refractivity contribution in [1.82, 2.24) is 10.2 Å². The van der Waals surface area contributed by atoms with Gasteiger partial charge in [0.25, 0.3) is 0 Å². The van der Waals surface area contributed by atoms with Gasteiger partial charge in [-0.1, -0.05) is 0 Å². The van der Waals surface area contributed by atoms with Gasteiger partial charge in [0.2, 0.25) is 0 Å². The van der Waals surface area contributed by atoms with Crippen LogP contribution in [-0.4, -0.2) is 48.5 Å². The van der Waals surface area contributed by atoms with Gasteiger partial charge >= 0.3 is 6.09 Å². The standard InChI is InChI=1S/C7H13FN2O2/c1-9-6-2-3-10(7(11)12)4-5(6)8/h5-6,9H,2-4H2,1H3,(H,11,12)/t5-,6+/m0/s1. The molecule has 1 aliphatic rings. The lowest BCUT2D eigenvalue weighted by Crippen LogP contribution is -2.51. The predicted octanol–water partition coefficient (Wildman–Crippen LogP) is 0.296. The van der Waals surface area contributed by atoms with Crippen LogP contribution in [0.15, 0.2) is 0 Å². The second kappa shape index (κ2) is 3.71. The molecule has 2 N–H and O–H groups in total. The maximum atomic E-state index is 13.1. The number of hydrogen-bond acceptors (Lipinski definition) is 2. The van der Waals surface area contributed by atoms with Gasteiger partial charge in [0.1, 0.15) is 6.17 Å². The first kappa shape index (κ1) is 9.25. The summed E-state index contributed by atoms with van der Waals surface area (Å²) in [5.41, 5.74) is 0. The van der Waals surface area contributed by atoms with Crippen LogP contribution in [0.5, 0.6) is 0 Å². The molecule has 1 saturated heterocycles. The molecule has 0 radical (unpaired) electrons. The Bertz CT molecular complexity index is 177. The van der Waals surface area contributed by atoms with Gasteiger partial charge in [-0.05, 0) is 13.5 Å². The van der Waals surface area contributed by atoms with E-state index in [1.165, 1.54) is 0 Å². The largest absolute Gasteiger partial charge is 0.465 e. The summed E-state index contributed by atoms with van der Waals surface area (Å²) in [6.45, 7) is 0.405. The van der Waals surface area contributed by atoms with Crippen molar-refractivity contribution in [3.63, 3.8) is 0 Å². The number of rotatable bonds is 1. The molecule has 1 fully saturated rings. The summed E-state index contributed by atoms with van der Waals surface area (Å²) in [5, 5.41) is 11.4. The molecule has 12 heavy (non-hydrogen) atoms. The first-order valence-electron chi connectivity index (χ1n) is 3.94. The van der Waals surface area contributed by atoms with Gasteiger partial charge in [0, 0.05) is 12.6 Å². The molecule has 0 aromatic heterocycles. The summed E-state index contributed by atoms with van der Waals surface area (Å²) < 4.78 is 13.1. The van der Waals surface area contributed by atoms with Crippen LogP contribution in [0, 0.1) is 0 Å². The monoisotopic (exact) mass is 176 g/mol. The zero-order valence-corrected chi connectivity index (χ0v) is 6.96. The molecule has 0 aromatic carbocycles. The number of carbonyl (C=O) groups is 1. The van der Waals surface area contributed by atoms with Crippen molar-refractivity contribution in [1.29, 1.82) is 0 Å². The van der Waals surface area contributed by atoms with Crippen LogP contribution in [-0.2, 0) is 0 Å². The smallest absolute Gasteiger partial charge is 0.407 e. The topological polar surface area (TPSA) is 52.6 Å². The fourth-order valence-electron chi connectivity index (χ4n) is 1.40. The number of carboxylic acid groups (broad SMARTS) is 1. The predicted molar refractivity (Wildman–Crippen MR) is 42.0 cm³/mol. The molecule has 0 unspecified atom stereocenters. The summed E-state index contributed by atoms with van der Waals surface area (Å²) in [7, 11) is 1.69. The maximum Gasteiger partial charge on any atom is 0.407 e. The number of likely N-dealkylation sites (tertiary alicyclic amines) is 1. The molecule has 2 atom stereocenters.